The molecule has 0 unspecified atom stereocenters. The van der Waals surface area contributed by atoms with Crippen LogP contribution in [0, 0.1) is 0 Å². The van der Waals surface area contributed by atoms with Gasteiger partial charge in [-0.3, -0.25) is 4.79 Å². The molecule has 1 fully saturated rings. The highest BCUT2D eigenvalue weighted by atomic mass is 32.1. The van der Waals surface area contributed by atoms with E-state index in [2.05, 4.69) is 9.88 Å². The second-order valence-corrected chi connectivity index (χ2v) is 6.91. The Balaban J connectivity index is 1.56. The van der Waals surface area contributed by atoms with Crippen molar-refractivity contribution < 1.29 is 14.3 Å². The molecule has 2 aromatic rings. The van der Waals surface area contributed by atoms with Crippen molar-refractivity contribution >= 4 is 28.1 Å². The summed E-state index contributed by atoms with van der Waals surface area (Å²) < 4.78 is 11.1. The van der Waals surface area contributed by atoms with Crippen molar-refractivity contribution in [2.24, 2.45) is 0 Å². The summed E-state index contributed by atoms with van der Waals surface area (Å²) in [5, 5.41) is 2.48. The fraction of sp³-hybridized carbons (Fsp3) is 0.412. The van der Waals surface area contributed by atoms with Crippen LogP contribution in [0.1, 0.15) is 0 Å². The normalized spacial score (nSPS) is 17.1. The van der Waals surface area contributed by atoms with E-state index in [1.807, 2.05) is 28.5 Å². The summed E-state index contributed by atoms with van der Waals surface area (Å²) in [5.74, 6) is 0.924. The second kappa shape index (κ2) is 6.89. The van der Waals surface area contributed by atoms with E-state index in [1.54, 1.807) is 0 Å². The molecular formula is C17H20N4O3S. The van der Waals surface area contributed by atoms with Crippen molar-refractivity contribution in [3.05, 3.63) is 23.6 Å². The topological polar surface area (TPSA) is 80.9 Å². The van der Waals surface area contributed by atoms with Gasteiger partial charge in [-0.05, 0) is 18.2 Å². The van der Waals surface area contributed by atoms with Crippen LogP contribution in [0.4, 0.5) is 10.8 Å². The molecule has 3 heterocycles. The van der Waals surface area contributed by atoms with Gasteiger partial charge in [0.15, 0.2) is 5.13 Å². The third-order valence-corrected chi connectivity index (χ3v) is 5.10. The second-order valence-electron chi connectivity index (χ2n) is 6.02. The number of nitrogen functional groups attached to an aromatic ring is 1. The molecule has 1 amide bonds. The number of anilines is 2. The molecule has 8 heteroatoms. The Morgan fingerprint density at radius 1 is 1.24 bits per heavy atom. The predicted molar refractivity (Wildman–Crippen MR) is 97.1 cm³/mol. The quantitative estimate of drug-likeness (QED) is 0.892. The lowest BCUT2D eigenvalue weighted by Crippen LogP contribution is -2.47. The van der Waals surface area contributed by atoms with Gasteiger partial charge in [0.05, 0.1) is 37.7 Å². The molecule has 1 aromatic heterocycles. The van der Waals surface area contributed by atoms with E-state index in [0.717, 1.165) is 22.7 Å². The van der Waals surface area contributed by atoms with Crippen LogP contribution < -0.4 is 15.4 Å². The maximum atomic E-state index is 12.6. The van der Waals surface area contributed by atoms with Gasteiger partial charge in [-0.25, -0.2) is 4.98 Å². The van der Waals surface area contributed by atoms with Crippen molar-refractivity contribution in [3.63, 3.8) is 0 Å². The summed E-state index contributed by atoms with van der Waals surface area (Å²) in [4.78, 5) is 20.9. The average molecular weight is 360 g/mol. The van der Waals surface area contributed by atoms with Gasteiger partial charge in [-0.1, -0.05) is 0 Å². The van der Waals surface area contributed by atoms with E-state index in [-0.39, 0.29) is 5.91 Å². The van der Waals surface area contributed by atoms with Crippen LogP contribution in [0.15, 0.2) is 23.6 Å². The first kappa shape index (κ1) is 16.2. The van der Waals surface area contributed by atoms with Gasteiger partial charge in [0, 0.05) is 24.0 Å². The van der Waals surface area contributed by atoms with Crippen LogP contribution in [-0.4, -0.2) is 61.8 Å². The SMILES string of the molecule is Nc1nc(-c2ccc3c(c2)N(CC(=O)N2CCOCC2)CCO3)cs1. The van der Waals surface area contributed by atoms with Gasteiger partial charge in [0.2, 0.25) is 5.91 Å². The Bertz CT molecular complexity index is 773. The van der Waals surface area contributed by atoms with Crippen LogP contribution in [0.25, 0.3) is 11.3 Å². The monoisotopic (exact) mass is 360 g/mol. The minimum atomic E-state index is 0.124. The summed E-state index contributed by atoms with van der Waals surface area (Å²) in [5.41, 5.74) is 8.49. The molecule has 7 nitrogen and oxygen atoms in total. The molecule has 25 heavy (non-hydrogen) atoms. The molecule has 1 aromatic carbocycles. The lowest BCUT2D eigenvalue weighted by Gasteiger charge is -2.34. The van der Waals surface area contributed by atoms with Crippen LogP contribution >= 0.6 is 11.3 Å². The Labute approximate surface area is 150 Å². The van der Waals surface area contributed by atoms with Gasteiger partial charge in [-0.2, -0.15) is 0 Å². The molecule has 2 aliphatic heterocycles. The number of amides is 1. The Morgan fingerprint density at radius 3 is 2.84 bits per heavy atom. The lowest BCUT2D eigenvalue weighted by atomic mass is 10.1. The summed E-state index contributed by atoms with van der Waals surface area (Å²) in [6.07, 6.45) is 0. The van der Waals surface area contributed by atoms with Crippen molar-refractivity contribution in [3.8, 4) is 17.0 Å². The number of fused-ring (bicyclic) bond motifs is 1. The van der Waals surface area contributed by atoms with E-state index in [4.69, 9.17) is 15.2 Å². The molecule has 0 aliphatic carbocycles. The fourth-order valence-corrected chi connectivity index (χ4v) is 3.66. The first-order valence-electron chi connectivity index (χ1n) is 8.29. The van der Waals surface area contributed by atoms with E-state index in [1.165, 1.54) is 11.3 Å². The highest BCUT2D eigenvalue weighted by Crippen LogP contribution is 2.36. The third kappa shape index (κ3) is 3.40. The summed E-state index contributed by atoms with van der Waals surface area (Å²) in [6, 6.07) is 5.93. The minimum absolute atomic E-state index is 0.124. The molecule has 0 saturated carbocycles. The predicted octanol–water partition coefficient (Wildman–Crippen LogP) is 1.45. The maximum Gasteiger partial charge on any atom is 0.242 e. The summed E-state index contributed by atoms with van der Waals surface area (Å²) in [7, 11) is 0. The summed E-state index contributed by atoms with van der Waals surface area (Å²) >= 11 is 1.42. The molecule has 2 N–H and O–H groups in total. The largest absolute Gasteiger partial charge is 0.490 e. The zero-order valence-corrected chi connectivity index (χ0v) is 14.6. The number of nitrogens with zero attached hydrogens (tertiary/aromatic N) is 3. The molecule has 132 valence electrons. The number of hydrogen-bond acceptors (Lipinski definition) is 7. The Hall–Kier alpha value is -2.32. The Morgan fingerprint density at radius 2 is 2.08 bits per heavy atom. The molecule has 0 bridgehead atoms. The van der Waals surface area contributed by atoms with Gasteiger partial charge >= 0.3 is 0 Å². The first-order valence-corrected chi connectivity index (χ1v) is 9.17. The number of hydrogen-bond donors (Lipinski definition) is 1. The molecule has 4 rings (SSSR count). The minimum Gasteiger partial charge on any atom is -0.490 e. The molecular weight excluding hydrogens is 340 g/mol. The van der Waals surface area contributed by atoms with Gasteiger partial charge < -0.3 is 25.0 Å². The number of thiazole rings is 1. The van der Waals surface area contributed by atoms with E-state index < -0.39 is 0 Å². The van der Waals surface area contributed by atoms with Crippen molar-refractivity contribution in [1.82, 2.24) is 9.88 Å². The average Bonchev–Trinajstić information content (AvgIpc) is 3.09. The van der Waals surface area contributed by atoms with E-state index in [0.29, 0.717) is 51.1 Å². The number of carbonyl (C=O) groups excluding carboxylic acids is 1. The van der Waals surface area contributed by atoms with Crippen molar-refractivity contribution in [2.75, 3.05) is 56.6 Å². The number of ether oxygens (including phenoxy) is 2. The molecule has 1 saturated heterocycles. The molecule has 0 radical (unpaired) electrons. The van der Waals surface area contributed by atoms with Crippen molar-refractivity contribution in [1.29, 1.82) is 0 Å². The highest BCUT2D eigenvalue weighted by Gasteiger charge is 2.24. The van der Waals surface area contributed by atoms with Crippen molar-refractivity contribution in [2.45, 2.75) is 0 Å². The number of morpholine rings is 1. The number of benzene rings is 1. The number of rotatable bonds is 3. The lowest BCUT2D eigenvalue weighted by molar-refractivity contribution is -0.133. The fourth-order valence-electron chi connectivity index (χ4n) is 3.09. The third-order valence-electron chi connectivity index (χ3n) is 4.43. The zero-order chi connectivity index (χ0) is 17.2. The summed E-state index contributed by atoms with van der Waals surface area (Å²) in [6.45, 7) is 4.15. The highest BCUT2D eigenvalue weighted by molar-refractivity contribution is 7.13. The van der Waals surface area contributed by atoms with Crippen LogP contribution in [-0.2, 0) is 9.53 Å². The van der Waals surface area contributed by atoms with E-state index >= 15 is 0 Å². The molecule has 0 atom stereocenters. The maximum absolute atomic E-state index is 12.6. The van der Waals surface area contributed by atoms with Gasteiger partial charge in [0.25, 0.3) is 0 Å². The molecule has 2 aliphatic rings. The van der Waals surface area contributed by atoms with Crippen LogP contribution in [0.2, 0.25) is 0 Å². The Kier molecular flexibility index (Phi) is 4.46. The first-order chi connectivity index (χ1) is 12.2. The number of carbonyl (C=O) groups is 1. The van der Waals surface area contributed by atoms with Gasteiger partial charge in [0.1, 0.15) is 12.4 Å². The zero-order valence-electron chi connectivity index (χ0n) is 13.8. The van der Waals surface area contributed by atoms with Crippen LogP contribution in [0.5, 0.6) is 5.75 Å². The van der Waals surface area contributed by atoms with Crippen LogP contribution in [0.3, 0.4) is 0 Å². The standard InChI is InChI=1S/C17H20N4O3S/c18-17-19-13(11-25-17)12-1-2-15-14(9-12)21(5-8-24-15)10-16(22)20-3-6-23-7-4-20/h1-2,9,11H,3-8,10H2,(H2,18,19). The molecule has 0 spiro atoms. The number of aromatic nitrogens is 1. The smallest absolute Gasteiger partial charge is 0.242 e. The van der Waals surface area contributed by atoms with E-state index in [9.17, 15) is 4.79 Å². The van der Waals surface area contributed by atoms with Gasteiger partial charge in [-0.15, -0.1) is 11.3 Å². The number of nitrogens with two attached hydrogens (primary N) is 1.